The first-order chi connectivity index (χ1) is 14.6. The average Bonchev–Trinajstić information content (AvgIpc) is 2.79. The lowest BCUT2D eigenvalue weighted by Gasteiger charge is -2.28. The lowest BCUT2D eigenvalue weighted by atomic mass is 9.84. The normalized spacial score (nSPS) is 15.5. The minimum absolute atomic E-state index is 0.245. The average molecular weight is 405 g/mol. The SMILES string of the molecule is CNC(=O)c1cc(Oc2ccc3nc(NC(C)C4CCCCC4)ccc3c2)ccn1. The van der Waals surface area contributed by atoms with E-state index in [1.54, 1.807) is 25.4 Å². The number of aromatic nitrogens is 2. The summed E-state index contributed by atoms with van der Waals surface area (Å²) in [6.45, 7) is 2.26. The number of benzene rings is 1. The predicted octanol–water partition coefficient (Wildman–Crippen LogP) is 5.16. The Morgan fingerprint density at radius 2 is 1.87 bits per heavy atom. The summed E-state index contributed by atoms with van der Waals surface area (Å²) in [5, 5.41) is 7.16. The molecule has 1 atom stereocenters. The van der Waals surface area contributed by atoms with Gasteiger partial charge in [-0.15, -0.1) is 0 Å². The fraction of sp³-hybridized carbons (Fsp3) is 0.375. The third-order valence-electron chi connectivity index (χ3n) is 5.82. The molecule has 1 fully saturated rings. The van der Waals surface area contributed by atoms with Crippen molar-refractivity contribution < 1.29 is 9.53 Å². The molecule has 2 aromatic heterocycles. The number of anilines is 1. The van der Waals surface area contributed by atoms with Crippen molar-refractivity contribution in [3.05, 3.63) is 54.4 Å². The van der Waals surface area contributed by atoms with Crippen LogP contribution >= 0.6 is 0 Å². The van der Waals surface area contributed by atoms with Crippen molar-refractivity contribution in [2.75, 3.05) is 12.4 Å². The van der Waals surface area contributed by atoms with Crippen LogP contribution in [-0.4, -0.2) is 29.0 Å². The number of carbonyl (C=O) groups excluding carboxylic acids is 1. The maximum absolute atomic E-state index is 11.8. The highest BCUT2D eigenvalue weighted by Crippen LogP contribution is 2.29. The molecule has 0 radical (unpaired) electrons. The van der Waals surface area contributed by atoms with Gasteiger partial charge in [-0.3, -0.25) is 9.78 Å². The Kier molecular flexibility index (Phi) is 6.12. The standard InChI is InChI=1S/C24H28N4O2/c1-16(17-6-4-3-5-7-17)27-23-11-8-18-14-19(9-10-21(18)28-23)30-20-12-13-26-22(15-20)24(29)25-2/h8-17H,3-7H2,1-2H3,(H,25,29)(H,27,28). The fourth-order valence-electron chi connectivity index (χ4n) is 4.10. The van der Waals surface area contributed by atoms with E-state index in [-0.39, 0.29) is 5.91 Å². The Morgan fingerprint density at radius 1 is 1.07 bits per heavy atom. The third-order valence-corrected chi connectivity index (χ3v) is 5.82. The first kappa shape index (κ1) is 20.1. The molecule has 1 unspecified atom stereocenters. The maximum Gasteiger partial charge on any atom is 0.269 e. The molecule has 6 heteroatoms. The van der Waals surface area contributed by atoms with Gasteiger partial charge in [0, 0.05) is 30.7 Å². The maximum atomic E-state index is 11.8. The van der Waals surface area contributed by atoms with Crippen LogP contribution in [0.1, 0.15) is 49.5 Å². The molecule has 156 valence electrons. The van der Waals surface area contributed by atoms with Crippen LogP contribution in [-0.2, 0) is 0 Å². The van der Waals surface area contributed by atoms with Crippen LogP contribution in [0, 0.1) is 5.92 Å². The zero-order chi connectivity index (χ0) is 20.9. The van der Waals surface area contributed by atoms with Gasteiger partial charge in [0.05, 0.1) is 5.52 Å². The molecule has 0 bridgehead atoms. The monoisotopic (exact) mass is 404 g/mol. The number of nitrogens with one attached hydrogen (secondary N) is 2. The van der Waals surface area contributed by atoms with E-state index in [0.717, 1.165) is 22.6 Å². The van der Waals surface area contributed by atoms with Crippen LogP contribution in [0.3, 0.4) is 0 Å². The first-order valence-electron chi connectivity index (χ1n) is 10.7. The van der Waals surface area contributed by atoms with Gasteiger partial charge >= 0.3 is 0 Å². The molecule has 2 heterocycles. The van der Waals surface area contributed by atoms with E-state index in [4.69, 9.17) is 9.72 Å². The number of nitrogens with zero attached hydrogens (tertiary/aromatic N) is 2. The second-order valence-electron chi connectivity index (χ2n) is 7.94. The Balaban J connectivity index is 1.47. The van der Waals surface area contributed by atoms with E-state index in [0.29, 0.717) is 23.2 Å². The van der Waals surface area contributed by atoms with E-state index in [1.807, 2.05) is 24.3 Å². The van der Waals surface area contributed by atoms with Gasteiger partial charge in [0.25, 0.3) is 5.91 Å². The number of pyridine rings is 2. The largest absolute Gasteiger partial charge is 0.457 e. The highest BCUT2D eigenvalue weighted by Gasteiger charge is 2.20. The van der Waals surface area contributed by atoms with Gasteiger partial charge < -0.3 is 15.4 Å². The van der Waals surface area contributed by atoms with E-state index < -0.39 is 0 Å². The number of rotatable bonds is 6. The van der Waals surface area contributed by atoms with E-state index in [2.05, 4.69) is 28.6 Å². The number of hydrogen-bond acceptors (Lipinski definition) is 5. The third kappa shape index (κ3) is 4.70. The molecule has 1 aromatic carbocycles. The van der Waals surface area contributed by atoms with Crippen LogP contribution in [0.2, 0.25) is 0 Å². The Labute approximate surface area is 177 Å². The minimum Gasteiger partial charge on any atom is -0.457 e. The highest BCUT2D eigenvalue weighted by molar-refractivity contribution is 5.92. The molecular formula is C24H28N4O2. The molecule has 1 aliphatic rings. The number of amides is 1. The molecule has 30 heavy (non-hydrogen) atoms. The summed E-state index contributed by atoms with van der Waals surface area (Å²) in [7, 11) is 1.58. The summed E-state index contributed by atoms with van der Waals surface area (Å²) >= 11 is 0. The number of fused-ring (bicyclic) bond motifs is 1. The predicted molar refractivity (Wildman–Crippen MR) is 119 cm³/mol. The van der Waals surface area contributed by atoms with Gasteiger partial charge in [-0.1, -0.05) is 19.3 Å². The summed E-state index contributed by atoms with van der Waals surface area (Å²) in [4.78, 5) is 20.6. The van der Waals surface area contributed by atoms with Gasteiger partial charge in [0.15, 0.2) is 0 Å². The fourth-order valence-corrected chi connectivity index (χ4v) is 4.10. The molecular weight excluding hydrogens is 376 g/mol. The topological polar surface area (TPSA) is 76.1 Å². The highest BCUT2D eigenvalue weighted by atomic mass is 16.5. The van der Waals surface area contributed by atoms with Crippen molar-refractivity contribution in [3.63, 3.8) is 0 Å². The van der Waals surface area contributed by atoms with Gasteiger partial charge in [0.1, 0.15) is 23.0 Å². The van der Waals surface area contributed by atoms with Gasteiger partial charge in [0.2, 0.25) is 0 Å². The molecule has 0 saturated heterocycles. The molecule has 1 amide bonds. The lowest BCUT2D eigenvalue weighted by molar-refractivity contribution is 0.0958. The summed E-state index contributed by atoms with van der Waals surface area (Å²) in [5.41, 5.74) is 1.24. The molecule has 1 aliphatic carbocycles. The minimum atomic E-state index is -0.245. The molecule has 2 N–H and O–H groups in total. The van der Waals surface area contributed by atoms with Crippen molar-refractivity contribution in [3.8, 4) is 11.5 Å². The quantitative estimate of drug-likeness (QED) is 0.593. The van der Waals surface area contributed by atoms with Crippen molar-refractivity contribution in [1.29, 1.82) is 0 Å². The van der Waals surface area contributed by atoms with E-state index >= 15 is 0 Å². The van der Waals surface area contributed by atoms with Crippen molar-refractivity contribution >= 4 is 22.6 Å². The molecule has 6 nitrogen and oxygen atoms in total. The van der Waals surface area contributed by atoms with Gasteiger partial charge in [-0.2, -0.15) is 0 Å². The van der Waals surface area contributed by atoms with Gasteiger partial charge in [-0.05, 0) is 62.1 Å². The number of ether oxygens (including phenoxy) is 1. The van der Waals surface area contributed by atoms with Crippen molar-refractivity contribution in [1.82, 2.24) is 15.3 Å². The first-order valence-corrected chi connectivity index (χ1v) is 10.7. The van der Waals surface area contributed by atoms with Crippen LogP contribution < -0.4 is 15.4 Å². The molecule has 4 rings (SSSR count). The van der Waals surface area contributed by atoms with Crippen molar-refractivity contribution in [2.45, 2.75) is 45.1 Å². The second-order valence-corrected chi connectivity index (χ2v) is 7.94. The molecule has 3 aromatic rings. The molecule has 0 aliphatic heterocycles. The zero-order valence-electron chi connectivity index (χ0n) is 17.5. The van der Waals surface area contributed by atoms with Crippen LogP contribution in [0.15, 0.2) is 48.7 Å². The van der Waals surface area contributed by atoms with Crippen LogP contribution in [0.5, 0.6) is 11.5 Å². The second kappa shape index (κ2) is 9.11. The summed E-state index contributed by atoms with van der Waals surface area (Å²) in [6.07, 6.45) is 8.22. The molecule has 1 saturated carbocycles. The molecule has 0 spiro atoms. The number of hydrogen-bond donors (Lipinski definition) is 2. The van der Waals surface area contributed by atoms with Crippen molar-refractivity contribution in [2.24, 2.45) is 5.92 Å². The van der Waals surface area contributed by atoms with E-state index in [9.17, 15) is 4.79 Å². The summed E-state index contributed by atoms with van der Waals surface area (Å²) < 4.78 is 5.93. The Bertz CT molecular complexity index is 1030. The lowest BCUT2D eigenvalue weighted by Crippen LogP contribution is -2.28. The zero-order valence-corrected chi connectivity index (χ0v) is 17.5. The van der Waals surface area contributed by atoms with Gasteiger partial charge in [-0.25, -0.2) is 4.98 Å². The Hall–Kier alpha value is -3.15. The summed E-state index contributed by atoms with van der Waals surface area (Å²) in [6, 6.07) is 13.7. The smallest absolute Gasteiger partial charge is 0.269 e. The summed E-state index contributed by atoms with van der Waals surface area (Å²) in [5.74, 6) is 2.65. The van der Waals surface area contributed by atoms with Crippen LogP contribution in [0.4, 0.5) is 5.82 Å². The number of carbonyl (C=O) groups is 1. The van der Waals surface area contributed by atoms with E-state index in [1.165, 1.54) is 32.1 Å². The van der Waals surface area contributed by atoms with Crippen LogP contribution in [0.25, 0.3) is 10.9 Å². The Morgan fingerprint density at radius 3 is 2.67 bits per heavy atom.